The van der Waals surface area contributed by atoms with Gasteiger partial charge in [-0.25, -0.2) is 0 Å². The Morgan fingerprint density at radius 1 is 1.41 bits per heavy atom. The number of aryl methyl sites for hydroxylation is 1. The monoisotopic (exact) mass is 293 g/mol. The molecule has 1 aromatic carbocycles. The van der Waals surface area contributed by atoms with Crippen LogP contribution in [-0.4, -0.2) is 10.2 Å². The second kappa shape index (κ2) is 4.92. The van der Waals surface area contributed by atoms with E-state index in [0.717, 1.165) is 34.1 Å². The van der Waals surface area contributed by atoms with Crippen LogP contribution >= 0.6 is 15.9 Å². The third kappa shape index (κ3) is 2.36. The molecule has 0 unspecified atom stereocenters. The maximum Gasteiger partial charge on any atom is 0.149 e. The number of hydrogen-bond acceptors (Lipinski definition) is 2. The summed E-state index contributed by atoms with van der Waals surface area (Å²) in [6.45, 7) is 4.23. The lowest BCUT2D eigenvalue weighted by molar-refractivity contribution is 0.926. The fourth-order valence-electron chi connectivity index (χ4n) is 1.97. The zero-order chi connectivity index (χ0) is 12.4. The fourth-order valence-corrected chi connectivity index (χ4v) is 2.33. The number of nitrogens with one attached hydrogen (secondary N) is 1. The Labute approximate surface area is 110 Å². The largest absolute Gasteiger partial charge is 0.382 e. The minimum Gasteiger partial charge on any atom is -0.382 e. The zero-order valence-corrected chi connectivity index (χ0v) is 11.6. The van der Waals surface area contributed by atoms with Gasteiger partial charge in [-0.15, -0.1) is 0 Å². The van der Waals surface area contributed by atoms with E-state index < -0.39 is 0 Å². The average Bonchev–Trinajstić information content (AvgIpc) is 2.65. The molecule has 2 aromatic rings. The Balaban J connectivity index is 2.56. The molecular weight excluding hydrogens is 278 g/mol. The molecule has 1 aromatic heterocycles. The van der Waals surface area contributed by atoms with E-state index >= 15 is 0 Å². The number of anilines is 1. The number of halogens is 1. The molecule has 0 bridgehead atoms. The Morgan fingerprint density at radius 2 is 2.18 bits per heavy atom. The molecule has 3 nitrogen and oxygen atoms in total. The van der Waals surface area contributed by atoms with Gasteiger partial charge in [0.05, 0.1) is 5.69 Å². The SMILES string of the molecule is CCCc1c(N)n[nH]c1-c1cc(Br)ccc1C. The van der Waals surface area contributed by atoms with E-state index in [0.29, 0.717) is 5.82 Å². The molecule has 17 heavy (non-hydrogen) atoms. The van der Waals surface area contributed by atoms with E-state index in [1.807, 2.05) is 6.07 Å². The van der Waals surface area contributed by atoms with Crippen LogP contribution in [0.1, 0.15) is 24.5 Å². The van der Waals surface area contributed by atoms with Crippen molar-refractivity contribution in [1.29, 1.82) is 0 Å². The second-order valence-electron chi connectivity index (χ2n) is 4.17. The molecule has 90 valence electrons. The van der Waals surface area contributed by atoms with Crippen LogP contribution in [0.15, 0.2) is 22.7 Å². The molecule has 0 atom stereocenters. The van der Waals surface area contributed by atoms with Gasteiger partial charge in [0.15, 0.2) is 0 Å². The van der Waals surface area contributed by atoms with Crippen molar-refractivity contribution in [3.05, 3.63) is 33.8 Å². The van der Waals surface area contributed by atoms with Crippen LogP contribution in [0.4, 0.5) is 5.82 Å². The Morgan fingerprint density at radius 3 is 2.88 bits per heavy atom. The van der Waals surface area contributed by atoms with Crippen LogP contribution in [0.25, 0.3) is 11.3 Å². The number of hydrogen-bond donors (Lipinski definition) is 2. The number of aromatic nitrogens is 2. The number of nitrogens with two attached hydrogens (primary N) is 1. The van der Waals surface area contributed by atoms with E-state index in [2.05, 4.69) is 52.1 Å². The van der Waals surface area contributed by atoms with E-state index in [1.165, 1.54) is 5.56 Å². The second-order valence-corrected chi connectivity index (χ2v) is 5.09. The summed E-state index contributed by atoms with van der Waals surface area (Å²) in [6.07, 6.45) is 2.01. The van der Waals surface area contributed by atoms with Crippen molar-refractivity contribution in [2.45, 2.75) is 26.7 Å². The van der Waals surface area contributed by atoms with Crippen LogP contribution in [-0.2, 0) is 6.42 Å². The van der Waals surface area contributed by atoms with Crippen LogP contribution in [0.2, 0.25) is 0 Å². The lowest BCUT2D eigenvalue weighted by atomic mass is 10.0. The summed E-state index contributed by atoms with van der Waals surface area (Å²) in [5, 5.41) is 7.17. The van der Waals surface area contributed by atoms with Crippen molar-refractivity contribution < 1.29 is 0 Å². The van der Waals surface area contributed by atoms with Crippen LogP contribution in [0.3, 0.4) is 0 Å². The summed E-state index contributed by atoms with van der Waals surface area (Å²) in [5.74, 6) is 0.612. The Hall–Kier alpha value is -1.29. The molecule has 0 aliphatic heterocycles. The molecule has 0 spiro atoms. The van der Waals surface area contributed by atoms with Gasteiger partial charge in [-0.1, -0.05) is 35.3 Å². The summed E-state index contributed by atoms with van der Waals surface area (Å²) in [4.78, 5) is 0. The quantitative estimate of drug-likeness (QED) is 0.907. The topological polar surface area (TPSA) is 54.7 Å². The highest BCUT2D eigenvalue weighted by molar-refractivity contribution is 9.10. The van der Waals surface area contributed by atoms with Gasteiger partial charge >= 0.3 is 0 Å². The van der Waals surface area contributed by atoms with Gasteiger partial charge in [0.2, 0.25) is 0 Å². The minimum absolute atomic E-state index is 0.612. The number of aromatic amines is 1. The van der Waals surface area contributed by atoms with E-state index in [1.54, 1.807) is 0 Å². The smallest absolute Gasteiger partial charge is 0.149 e. The van der Waals surface area contributed by atoms with Gasteiger partial charge in [-0.2, -0.15) is 5.10 Å². The number of nitrogens with zero attached hydrogens (tertiary/aromatic N) is 1. The summed E-state index contributed by atoms with van der Waals surface area (Å²) in [7, 11) is 0. The summed E-state index contributed by atoms with van der Waals surface area (Å²) in [6, 6.07) is 6.23. The lowest BCUT2D eigenvalue weighted by Crippen LogP contribution is -1.93. The van der Waals surface area contributed by atoms with Crippen molar-refractivity contribution >= 4 is 21.7 Å². The standard InChI is InChI=1S/C13H16BrN3/c1-3-4-10-12(16-17-13(10)15)11-7-9(14)6-5-8(11)2/h5-7H,3-4H2,1-2H3,(H3,15,16,17). The molecule has 0 fully saturated rings. The van der Waals surface area contributed by atoms with Crippen LogP contribution < -0.4 is 5.73 Å². The molecule has 2 rings (SSSR count). The predicted octanol–water partition coefficient (Wildman–Crippen LogP) is 3.68. The van der Waals surface area contributed by atoms with Crippen LogP contribution in [0.5, 0.6) is 0 Å². The Bertz CT molecular complexity index is 531. The van der Waals surface area contributed by atoms with Crippen molar-refractivity contribution in [2.24, 2.45) is 0 Å². The van der Waals surface area contributed by atoms with Gasteiger partial charge in [-0.3, -0.25) is 5.10 Å². The molecule has 0 amide bonds. The van der Waals surface area contributed by atoms with E-state index in [9.17, 15) is 0 Å². The van der Waals surface area contributed by atoms with Crippen molar-refractivity contribution in [1.82, 2.24) is 10.2 Å². The third-order valence-electron chi connectivity index (χ3n) is 2.87. The first-order valence-corrected chi connectivity index (χ1v) is 6.52. The van der Waals surface area contributed by atoms with E-state index in [-0.39, 0.29) is 0 Å². The van der Waals surface area contributed by atoms with Gasteiger partial charge in [0, 0.05) is 15.6 Å². The fraction of sp³-hybridized carbons (Fsp3) is 0.308. The first-order chi connectivity index (χ1) is 8.13. The molecule has 4 heteroatoms. The first kappa shape index (κ1) is 12.2. The van der Waals surface area contributed by atoms with Crippen molar-refractivity contribution in [3.8, 4) is 11.3 Å². The molecule has 0 saturated heterocycles. The Kier molecular flexibility index (Phi) is 3.52. The van der Waals surface area contributed by atoms with E-state index in [4.69, 9.17) is 5.73 Å². The highest BCUT2D eigenvalue weighted by Gasteiger charge is 2.13. The number of nitrogen functional groups attached to an aromatic ring is 1. The number of rotatable bonds is 3. The lowest BCUT2D eigenvalue weighted by Gasteiger charge is -2.07. The summed E-state index contributed by atoms with van der Waals surface area (Å²) < 4.78 is 1.06. The maximum absolute atomic E-state index is 5.90. The van der Waals surface area contributed by atoms with Gasteiger partial charge in [-0.05, 0) is 31.0 Å². The van der Waals surface area contributed by atoms with Crippen molar-refractivity contribution in [3.63, 3.8) is 0 Å². The average molecular weight is 294 g/mol. The molecule has 0 aliphatic carbocycles. The molecule has 3 N–H and O–H groups in total. The number of H-pyrrole nitrogens is 1. The van der Waals surface area contributed by atoms with Gasteiger partial charge in [0.1, 0.15) is 5.82 Å². The first-order valence-electron chi connectivity index (χ1n) is 5.72. The van der Waals surface area contributed by atoms with Crippen LogP contribution in [0, 0.1) is 6.92 Å². The minimum atomic E-state index is 0.612. The molecule has 0 radical (unpaired) electrons. The normalized spacial score (nSPS) is 10.8. The summed E-state index contributed by atoms with van der Waals surface area (Å²) in [5.41, 5.74) is 10.4. The summed E-state index contributed by atoms with van der Waals surface area (Å²) >= 11 is 3.50. The van der Waals surface area contributed by atoms with Gasteiger partial charge in [0.25, 0.3) is 0 Å². The van der Waals surface area contributed by atoms with Crippen molar-refractivity contribution in [2.75, 3.05) is 5.73 Å². The maximum atomic E-state index is 5.90. The molecule has 0 saturated carbocycles. The highest BCUT2D eigenvalue weighted by atomic mass is 79.9. The number of benzene rings is 1. The highest BCUT2D eigenvalue weighted by Crippen LogP contribution is 2.30. The third-order valence-corrected chi connectivity index (χ3v) is 3.36. The zero-order valence-electron chi connectivity index (χ0n) is 10.0. The molecule has 0 aliphatic rings. The predicted molar refractivity (Wildman–Crippen MR) is 74.9 cm³/mol. The molecular formula is C13H16BrN3. The molecule has 1 heterocycles. The van der Waals surface area contributed by atoms with Gasteiger partial charge < -0.3 is 5.73 Å².